The van der Waals surface area contributed by atoms with E-state index in [4.69, 9.17) is 14.2 Å². The van der Waals surface area contributed by atoms with Crippen molar-refractivity contribution in [2.24, 2.45) is 0 Å². The Balaban J connectivity index is 2.74. The largest absolute Gasteiger partial charge is 0.464 e. The van der Waals surface area contributed by atoms with Crippen molar-refractivity contribution in [3.05, 3.63) is 0 Å². The van der Waals surface area contributed by atoms with Crippen molar-refractivity contribution in [3.8, 4) is 0 Å². The number of hydrogen-bond donors (Lipinski definition) is 0. The predicted molar refractivity (Wildman–Crippen MR) is 82.6 cm³/mol. The molecule has 1 rings (SSSR count). The van der Waals surface area contributed by atoms with Crippen LogP contribution in [0.3, 0.4) is 0 Å². The topological polar surface area (TPSA) is 65.1 Å². The predicted octanol–water partition coefficient (Wildman–Crippen LogP) is 2.74. The van der Waals surface area contributed by atoms with Crippen LogP contribution in [-0.4, -0.2) is 54.5 Å². The smallest absolute Gasteiger partial charge is 0.411 e. The van der Waals surface area contributed by atoms with Gasteiger partial charge in [0.25, 0.3) is 0 Å². The highest BCUT2D eigenvalue weighted by molar-refractivity contribution is 5.82. The zero-order valence-corrected chi connectivity index (χ0v) is 14.4. The van der Waals surface area contributed by atoms with Gasteiger partial charge in [-0.1, -0.05) is 13.8 Å². The highest BCUT2D eigenvalue weighted by Gasteiger charge is 2.42. The highest BCUT2D eigenvalue weighted by atomic mass is 16.6. The molecule has 22 heavy (non-hydrogen) atoms. The minimum absolute atomic E-state index is 0.147. The Morgan fingerprint density at radius 3 is 2.32 bits per heavy atom. The number of ether oxygens (including phenoxy) is 3. The summed E-state index contributed by atoms with van der Waals surface area (Å²) in [4.78, 5) is 25.9. The Morgan fingerprint density at radius 2 is 1.77 bits per heavy atom. The molecule has 0 aromatic rings. The van der Waals surface area contributed by atoms with Crippen LogP contribution >= 0.6 is 0 Å². The molecule has 1 unspecified atom stereocenters. The average molecular weight is 315 g/mol. The van der Waals surface area contributed by atoms with Gasteiger partial charge in [0, 0.05) is 13.0 Å². The normalized spacial score (nSPS) is 21.8. The van der Waals surface area contributed by atoms with Crippen LogP contribution in [0, 0.1) is 0 Å². The molecule has 1 aliphatic rings. The van der Waals surface area contributed by atoms with Crippen LogP contribution in [0.25, 0.3) is 0 Å². The number of nitrogens with zero attached hydrogens (tertiary/aromatic N) is 1. The summed E-state index contributed by atoms with van der Waals surface area (Å²) in [5, 5.41) is 0. The standard InChI is InChI=1S/C16H29NO5/c1-6-8-20-12-10-13(14(18)21-9-7-2)17(11-12)15(19)22-16(3,4)5/h12-13H,6-11H2,1-5H3/t12?,13-/m0/s1. The van der Waals surface area contributed by atoms with Crippen molar-refractivity contribution < 1.29 is 23.8 Å². The molecule has 0 radical (unpaired) electrons. The molecule has 0 aromatic heterocycles. The molecule has 0 aromatic carbocycles. The molecule has 6 heteroatoms. The molecule has 1 saturated heterocycles. The number of esters is 1. The second-order valence-corrected chi connectivity index (χ2v) is 6.54. The fourth-order valence-electron chi connectivity index (χ4n) is 2.25. The second kappa shape index (κ2) is 8.36. The summed E-state index contributed by atoms with van der Waals surface area (Å²) in [6, 6.07) is -0.622. The van der Waals surface area contributed by atoms with Crippen LogP contribution in [0.2, 0.25) is 0 Å². The van der Waals surface area contributed by atoms with Gasteiger partial charge in [-0.05, 0) is 33.6 Å². The summed E-state index contributed by atoms with van der Waals surface area (Å²) in [5.41, 5.74) is -0.600. The number of amides is 1. The Bertz CT molecular complexity index is 377. The fraction of sp³-hybridized carbons (Fsp3) is 0.875. The lowest BCUT2D eigenvalue weighted by Gasteiger charge is -2.27. The van der Waals surface area contributed by atoms with E-state index in [-0.39, 0.29) is 12.1 Å². The van der Waals surface area contributed by atoms with Crippen LogP contribution in [0.15, 0.2) is 0 Å². The first-order valence-corrected chi connectivity index (χ1v) is 8.06. The molecule has 0 aliphatic carbocycles. The number of carbonyl (C=O) groups is 2. The maximum atomic E-state index is 12.3. The Hall–Kier alpha value is -1.30. The molecule has 6 nitrogen and oxygen atoms in total. The van der Waals surface area contributed by atoms with Gasteiger partial charge < -0.3 is 14.2 Å². The number of hydrogen-bond acceptors (Lipinski definition) is 5. The molecule has 0 bridgehead atoms. The van der Waals surface area contributed by atoms with Gasteiger partial charge in [0.05, 0.1) is 19.3 Å². The van der Waals surface area contributed by atoms with Gasteiger partial charge in [-0.3, -0.25) is 4.90 Å². The van der Waals surface area contributed by atoms with E-state index < -0.39 is 17.7 Å². The van der Waals surface area contributed by atoms with Crippen molar-refractivity contribution in [2.45, 2.75) is 71.6 Å². The third kappa shape index (κ3) is 5.83. The van der Waals surface area contributed by atoms with Crippen molar-refractivity contribution >= 4 is 12.1 Å². The average Bonchev–Trinajstić information content (AvgIpc) is 2.85. The van der Waals surface area contributed by atoms with Crippen LogP contribution in [-0.2, 0) is 19.0 Å². The summed E-state index contributed by atoms with van der Waals surface area (Å²) in [6.07, 6.45) is 1.47. The van der Waals surface area contributed by atoms with Gasteiger partial charge in [0.2, 0.25) is 0 Å². The van der Waals surface area contributed by atoms with Crippen LogP contribution in [0.5, 0.6) is 0 Å². The van der Waals surface area contributed by atoms with Gasteiger partial charge >= 0.3 is 12.1 Å². The van der Waals surface area contributed by atoms with E-state index in [1.165, 1.54) is 4.90 Å². The molecule has 1 amide bonds. The monoisotopic (exact) mass is 315 g/mol. The Labute approximate surface area is 133 Å². The van der Waals surface area contributed by atoms with E-state index >= 15 is 0 Å². The molecular weight excluding hydrogens is 286 g/mol. The summed E-state index contributed by atoms with van der Waals surface area (Å²) in [5.74, 6) is -0.379. The maximum Gasteiger partial charge on any atom is 0.411 e. The Kier molecular flexibility index (Phi) is 7.13. The van der Waals surface area contributed by atoms with Crippen LogP contribution in [0.4, 0.5) is 4.79 Å². The minimum Gasteiger partial charge on any atom is -0.464 e. The zero-order valence-electron chi connectivity index (χ0n) is 14.4. The molecule has 0 saturated carbocycles. The first kappa shape index (κ1) is 18.7. The fourth-order valence-corrected chi connectivity index (χ4v) is 2.25. The van der Waals surface area contributed by atoms with Crippen molar-refractivity contribution in [1.82, 2.24) is 4.90 Å². The molecular formula is C16H29NO5. The summed E-state index contributed by atoms with van der Waals surface area (Å²) >= 11 is 0. The first-order chi connectivity index (χ1) is 10.3. The number of likely N-dealkylation sites (tertiary alicyclic amines) is 1. The lowest BCUT2D eigenvalue weighted by Crippen LogP contribution is -2.44. The zero-order chi connectivity index (χ0) is 16.8. The highest BCUT2D eigenvalue weighted by Crippen LogP contribution is 2.24. The third-order valence-electron chi connectivity index (χ3n) is 3.17. The number of carbonyl (C=O) groups excluding carboxylic acids is 2. The molecule has 1 fully saturated rings. The van der Waals surface area contributed by atoms with Crippen molar-refractivity contribution in [3.63, 3.8) is 0 Å². The van der Waals surface area contributed by atoms with E-state index in [1.807, 2.05) is 13.8 Å². The maximum absolute atomic E-state index is 12.3. The van der Waals surface area contributed by atoms with E-state index in [1.54, 1.807) is 20.8 Å². The molecule has 2 atom stereocenters. The summed E-state index contributed by atoms with van der Waals surface area (Å²) in [7, 11) is 0. The van der Waals surface area contributed by atoms with Crippen molar-refractivity contribution in [1.29, 1.82) is 0 Å². The molecule has 0 N–H and O–H groups in total. The van der Waals surface area contributed by atoms with Crippen molar-refractivity contribution in [2.75, 3.05) is 19.8 Å². The van der Waals surface area contributed by atoms with E-state index in [0.29, 0.717) is 26.2 Å². The molecule has 0 spiro atoms. The number of rotatable bonds is 6. The van der Waals surface area contributed by atoms with E-state index in [0.717, 1.165) is 12.8 Å². The van der Waals surface area contributed by atoms with Gasteiger partial charge in [-0.25, -0.2) is 9.59 Å². The second-order valence-electron chi connectivity index (χ2n) is 6.54. The van der Waals surface area contributed by atoms with E-state index in [9.17, 15) is 9.59 Å². The quantitative estimate of drug-likeness (QED) is 0.705. The van der Waals surface area contributed by atoms with Gasteiger partial charge in [0.1, 0.15) is 11.6 Å². The van der Waals surface area contributed by atoms with Gasteiger partial charge in [-0.15, -0.1) is 0 Å². The minimum atomic E-state index is -0.622. The molecule has 128 valence electrons. The van der Waals surface area contributed by atoms with E-state index in [2.05, 4.69) is 0 Å². The van der Waals surface area contributed by atoms with Crippen LogP contribution in [0.1, 0.15) is 53.9 Å². The lowest BCUT2D eigenvalue weighted by atomic mass is 10.2. The Morgan fingerprint density at radius 1 is 1.14 bits per heavy atom. The third-order valence-corrected chi connectivity index (χ3v) is 3.17. The molecule has 1 aliphatic heterocycles. The molecule has 1 heterocycles. The van der Waals surface area contributed by atoms with Crippen LogP contribution < -0.4 is 0 Å². The summed E-state index contributed by atoms with van der Waals surface area (Å²) < 4.78 is 16.3. The summed E-state index contributed by atoms with van der Waals surface area (Å²) in [6.45, 7) is 10.7. The first-order valence-electron chi connectivity index (χ1n) is 8.06. The lowest BCUT2D eigenvalue weighted by molar-refractivity contribution is -0.148. The van der Waals surface area contributed by atoms with Gasteiger partial charge in [0.15, 0.2) is 0 Å². The SMILES string of the molecule is CCCOC(=O)[C@@H]1CC(OCCC)CN1C(=O)OC(C)(C)C. The van der Waals surface area contributed by atoms with Gasteiger partial charge in [-0.2, -0.15) is 0 Å².